The van der Waals surface area contributed by atoms with Gasteiger partial charge in [0.15, 0.2) is 11.6 Å². The molecule has 1 aromatic rings. The molecule has 1 aliphatic rings. The predicted molar refractivity (Wildman–Crippen MR) is 70.4 cm³/mol. The van der Waals surface area contributed by atoms with E-state index in [1.165, 1.54) is 18.4 Å². The zero-order valence-electron chi connectivity index (χ0n) is 10.3. The topological polar surface area (TPSA) is 38.0 Å². The van der Waals surface area contributed by atoms with Gasteiger partial charge in [0.2, 0.25) is 0 Å². The second-order valence-electron chi connectivity index (χ2n) is 4.64. The van der Waals surface area contributed by atoms with E-state index in [1.807, 2.05) is 0 Å². The maximum Gasteiger partial charge on any atom is 0.151 e. The average Bonchev–Trinajstić information content (AvgIpc) is 2.34. The fourth-order valence-electron chi connectivity index (χ4n) is 2.24. The van der Waals surface area contributed by atoms with Crippen LogP contribution in [-0.2, 0) is 0 Å². The minimum absolute atomic E-state index is 0.0828. The van der Waals surface area contributed by atoms with E-state index in [-0.39, 0.29) is 11.4 Å². The maximum atomic E-state index is 13.5. The summed E-state index contributed by atoms with van der Waals surface area (Å²) in [5, 5.41) is 2.81. The number of nitrogen functional groups attached to an aromatic ring is 1. The van der Waals surface area contributed by atoms with Crippen molar-refractivity contribution in [1.82, 2.24) is 0 Å². The molecule has 0 heterocycles. The summed E-state index contributed by atoms with van der Waals surface area (Å²) >= 11 is 0. The standard InChI is InChI=1S/C14H18F2N2/c15-12-8-11(17)9-13(16)14(12)18-7-6-10-4-2-1-3-5-10/h4,8-9,18H,1-3,5-7,17H2. The summed E-state index contributed by atoms with van der Waals surface area (Å²) in [4.78, 5) is 0. The number of nitrogens with two attached hydrogens (primary N) is 1. The molecule has 18 heavy (non-hydrogen) atoms. The van der Waals surface area contributed by atoms with Crippen molar-refractivity contribution in [2.24, 2.45) is 0 Å². The van der Waals surface area contributed by atoms with Crippen molar-refractivity contribution in [3.8, 4) is 0 Å². The molecule has 3 N–H and O–H groups in total. The lowest BCUT2D eigenvalue weighted by Gasteiger charge is -2.14. The Bertz CT molecular complexity index is 432. The van der Waals surface area contributed by atoms with Crippen LogP contribution in [-0.4, -0.2) is 6.54 Å². The van der Waals surface area contributed by atoms with Crippen molar-refractivity contribution in [2.75, 3.05) is 17.6 Å². The van der Waals surface area contributed by atoms with Crippen LogP contribution in [0.3, 0.4) is 0 Å². The first-order valence-corrected chi connectivity index (χ1v) is 6.33. The zero-order valence-corrected chi connectivity index (χ0v) is 10.3. The summed E-state index contributed by atoms with van der Waals surface area (Å²) in [5.74, 6) is -1.27. The SMILES string of the molecule is Nc1cc(F)c(NCCC2=CCCCC2)c(F)c1. The van der Waals surface area contributed by atoms with Crippen molar-refractivity contribution in [3.63, 3.8) is 0 Å². The van der Waals surface area contributed by atoms with Crippen molar-refractivity contribution in [2.45, 2.75) is 32.1 Å². The van der Waals surface area contributed by atoms with Gasteiger partial charge in [-0.25, -0.2) is 8.78 Å². The molecule has 0 aliphatic heterocycles. The average molecular weight is 252 g/mol. The normalized spacial score (nSPS) is 15.3. The molecule has 0 saturated carbocycles. The van der Waals surface area contributed by atoms with Crippen molar-refractivity contribution < 1.29 is 8.78 Å². The minimum Gasteiger partial charge on any atom is -0.399 e. The molecule has 2 nitrogen and oxygen atoms in total. The smallest absolute Gasteiger partial charge is 0.151 e. The van der Waals surface area contributed by atoms with Crippen molar-refractivity contribution in [1.29, 1.82) is 0 Å². The lowest BCUT2D eigenvalue weighted by Crippen LogP contribution is -2.08. The van der Waals surface area contributed by atoms with Gasteiger partial charge in [-0.1, -0.05) is 11.6 Å². The first-order valence-electron chi connectivity index (χ1n) is 6.33. The Balaban J connectivity index is 1.92. The number of nitrogens with one attached hydrogen (secondary N) is 1. The van der Waals surface area contributed by atoms with E-state index in [9.17, 15) is 8.78 Å². The van der Waals surface area contributed by atoms with Gasteiger partial charge < -0.3 is 11.1 Å². The fraction of sp³-hybridized carbons (Fsp3) is 0.429. The third-order valence-corrected chi connectivity index (χ3v) is 3.20. The number of hydrogen-bond donors (Lipinski definition) is 2. The third kappa shape index (κ3) is 3.22. The molecule has 0 fully saturated rings. The van der Waals surface area contributed by atoms with Crippen LogP contribution in [0.5, 0.6) is 0 Å². The molecule has 1 aliphatic carbocycles. The van der Waals surface area contributed by atoms with E-state index in [2.05, 4.69) is 11.4 Å². The maximum absolute atomic E-state index is 13.5. The Morgan fingerprint density at radius 3 is 2.50 bits per heavy atom. The molecule has 0 aromatic heterocycles. The minimum atomic E-state index is -0.634. The molecule has 1 aromatic carbocycles. The van der Waals surface area contributed by atoms with E-state index in [1.54, 1.807) is 0 Å². The molecule has 0 bridgehead atoms. The molecule has 0 amide bonds. The van der Waals surface area contributed by atoms with Crippen LogP contribution in [0.2, 0.25) is 0 Å². The third-order valence-electron chi connectivity index (χ3n) is 3.20. The van der Waals surface area contributed by atoms with Crippen LogP contribution in [0.25, 0.3) is 0 Å². The number of anilines is 2. The lowest BCUT2D eigenvalue weighted by atomic mass is 9.97. The predicted octanol–water partition coefficient (Wildman–Crippen LogP) is 3.85. The first kappa shape index (κ1) is 12.9. The van der Waals surface area contributed by atoms with Gasteiger partial charge in [-0.05, 0) is 44.2 Å². The summed E-state index contributed by atoms with van der Waals surface area (Å²) < 4.78 is 27.0. The molecule has 0 atom stereocenters. The number of allylic oxidation sites excluding steroid dienone is 1. The molecule has 0 radical (unpaired) electrons. The molecular formula is C14H18F2N2. The Hall–Kier alpha value is -1.58. The highest BCUT2D eigenvalue weighted by atomic mass is 19.1. The van der Waals surface area contributed by atoms with Crippen LogP contribution in [0.4, 0.5) is 20.2 Å². The number of rotatable bonds is 4. The Morgan fingerprint density at radius 2 is 1.89 bits per heavy atom. The number of halogens is 2. The molecule has 98 valence electrons. The largest absolute Gasteiger partial charge is 0.399 e. The molecule has 0 unspecified atom stereocenters. The van der Waals surface area contributed by atoms with E-state index in [0.717, 1.165) is 31.4 Å². The van der Waals surface area contributed by atoms with Gasteiger partial charge in [-0.3, -0.25) is 0 Å². The second-order valence-corrected chi connectivity index (χ2v) is 4.64. The number of hydrogen-bond acceptors (Lipinski definition) is 2. The van der Waals surface area contributed by atoms with Gasteiger partial charge in [0.25, 0.3) is 0 Å². The summed E-state index contributed by atoms with van der Waals surface area (Å²) in [7, 11) is 0. The van der Waals surface area contributed by atoms with Gasteiger partial charge in [0.05, 0.1) is 0 Å². The van der Waals surface area contributed by atoms with Crippen LogP contribution in [0.15, 0.2) is 23.8 Å². The molecular weight excluding hydrogens is 234 g/mol. The summed E-state index contributed by atoms with van der Waals surface area (Å²) in [5.41, 5.74) is 6.76. The summed E-state index contributed by atoms with van der Waals surface area (Å²) in [6, 6.07) is 2.26. The zero-order chi connectivity index (χ0) is 13.0. The number of benzene rings is 1. The molecule has 0 spiro atoms. The first-order chi connectivity index (χ1) is 8.66. The van der Waals surface area contributed by atoms with Gasteiger partial charge in [-0.15, -0.1) is 0 Å². The van der Waals surface area contributed by atoms with E-state index < -0.39 is 11.6 Å². The Kier molecular flexibility index (Phi) is 4.18. The fourth-order valence-corrected chi connectivity index (χ4v) is 2.24. The van der Waals surface area contributed by atoms with Crippen molar-refractivity contribution >= 4 is 11.4 Å². The van der Waals surface area contributed by atoms with E-state index >= 15 is 0 Å². The Labute approximate surface area is 106 Å². The summed E-state index contributed by atoms with van der Waals surface area (Å²) in [6.07, 6.45) is 7.77. The van der Waals surface area contributed by atoms with Gasteiger partial charge in [0, 0.05) is 12.2 Å². The van der Waals surface area contributed by atoms with E-state index in [4.69, 9.17) is 5.73 Å². The lowest BCUT2D eigenvalue weighted by molar-refractivity contribution is 0.588. The van der Waals surface area contributed by atoms with Crippen LogP contribution in [0, 0.1) is 11.6 Å². The molecule has 2 rings (SSSR count). The van der Waals surface area contributed by atoms with Crippen molar-refractivity contribution in [3.05, 3.63) is 35.4 Å². The molecule has 0 saturated heterocycles. The van der Waals surface area contributed by atoms with Crippen LogP contribution < -0.4 is 11.1 Å². The van der Waals surface area contributed by atoms with Gasteiger partial charge >= 0.3 is 0 Å². The molecule has 4 heteroatoms. The van der Waals surface area contributed by atoms with Crippen LogP contribution in [0.1, 0.15) is 32.1 Å². The summed E-state index contributed by atoms with van der Waals surface area (Å²) in [6.45, 7) is 0.545. The van der Waals surface area contributed by atoms with Gasteiger partial charge in [0.1, 0.15) is 5.69 Å². The monoisotopic (exact) mass is 252 g/mol. The second kappa shape index (κ2) is 5.85. The van der Waals surface area contributed by atoms with E-state index in [0.29, 0.717) is 6.54 Å². The van der Waals surface area contributed by atoms with Crippen LogP contribution >= 0.6 is 0 Å². The highest BCUT2D eigenvalue weighted by molar-refractivity contribution is 5.54. The Morgan fingerprint density at radius 1 is 1.17 bits per heavy atom. The highest BCUT2D eigenvalue weighted by Gasteiger charge is 2.10. The highest BCUT2D eigenvalue weighted by Crippen LogP contribution is 2.23. The van der Waals surface area contributed by atoms with Gasteiger partial charge in [-0.2, -0.15) is 0 Å². The quantitative estimate of drug-likeness (QED) is 0.631.